The van der Waals surface area contributed by atoms with E-state index in [-0.39, 0.29) is 11.4 Å². The molecule has 1 aromatic carbocycles. The van der Waals surface area contributed by atoms with E-state index in [1.807, 2.05) is 26.0 Å². The van der Waals surface area contributed by atoms with Gasteiger partial charge in [-0.2, -0.15) is 0 Å². The minimum absolute atomic E-state index is 0.0347. The Morgan fingerprint density at radius 1 is 1.11 bits per heavy atom. The Bertz CT molecular complexity index is 405. The number of hydrogen-bond donors (Lipinski definition) is 1. The van der Waals surface area contributed by atoms with Crippen LogP contribution in [-0.2, 0) is 5.41 Å². The van der Waals surface area contributed by atoms with Crippen LogP contribution in [0.3, 0.4) is 0 Å². The summed E-state index contributed by atoms with van der Waals surface area (Å²) in [5.41, 5.74) is 2.34. The maximum atomic E-state index is 11.9. The van der Waals surface area contributed by atoms with Gasteiger partial charge in [-0.3, -0.25) is 0 Å². The fourth-order valence-electron chi connectivity index (χ4n) is 1.92. The molecule has 0 saturated heterocycles. The van der Waals surface area contributed by atoms with Gasteiger partial charge >= 0.3 is 6.03 Å². The monoisotopic (exact) mass is 262 g/mol. The van der Waals surface area contributed by atoms with E-state index in [0.717, 1.165) is 25.2 Å². The highest BCUT2D eigenvalue weighted by molar-refractivity contribution is 5.89. The minimum atomic E-state index is -0.0347. The first-order valence-electron chi connectivity index (χ1n) is 7.11. The maximum absolute atomic E-state index is 11.9. The molecule has 3 nitrogen and oxygen atoms in total. The molecule has 0 spiro atoms. The first kappa shape index (κ1) is 15.5. The smallest absolute Gasteiger partial charge is 0.321 e. The van der Waals surface area contributed by atoms with Crippen LogP contribution in [0.2, 0.25) is 0 Å². The summed E-state index contributed by atoms with van der Waals surface area (Å²) in [6.07, 6.45) is 1.10. The van der Waals surface area contributed by atoms with E-state index >= 15 is 0 Å². The minimum Gasteiger partial charge on any atom is -0.325 e. The topological polar surface area (TPSA) is 32.3 Å². The average molecular weight is 262 g/mol. The quantitative estimate of drug-likeness (QED) is 0.845. The summed E-state index contributed by atoms with van der Waals surface area (Å²) in [5.74, 6) is 0. The van der Waals surface area contributed by atoms with Gasteiger partial charge in [-0.05, 0) is 43.4 Å². The Kier molecular flexibility index (Phi) is 5.40. The van der Waals surface area contributed by atoms with Crippen LogP contribution in [0.25, 0.3) is 0 Å². The largest absolute Gasteiger partial charge is 0.325 e. The first-order chi connectivity index (χ1) is 8.94. The number of carbonyl (C=O) groups excluding carboxylic acids is 1. The van der Waals surface area contributed by atoms with Gasteiger partial charge in [0, 0.05) is 18.8 Å². The molecule has 0 aliphatic carbocycles. The van der Waals surface area contributed by atoms with Gasteiger partial charge in [0.2, 0.25) is 0 Å². The highest BCUT2D eigenvalue weighted by Crippen LogP contribution is 2.27. The van der Waals surface area contributed by atoms with Gasteiger partial charge in [0.25, 0.3) is 0 Å². The van der Waals surface area contributed by atoms with E-state index in [4.69, 9.17) is 0 Å². The molecule has 1 aromatic rings. The molecular formula is C16H26N2O. The summed E-state index contributed by atoms with van der Waals surface area (Å²) in [6, 6.07) is 8.12. The van der Waals surface area contributed by atoms with Crippen LogP contribution in [0.5, 0.6) is 0 Å². The van der Waals surface area contributed by atoms with Crippen LogP contribution >= 0.6 is 0 Å². The molecule has 0 aliphatic rings. The van der Waals surface area contributed by atoms with Crippen LogP contribution in [0.1, 0.15) is 46.6 Å². The van der Waals surface area contributed by atoms with E-state index in [2.05, 4.69) is 38.2 Å². The van der Waals surface area contributed by atoms with E-state index in [9.17, 15) is 4.79 Å². The Morgan fingerprint density at radius 3 is 2.05 bits per heavy atom. The molecule has 0 aromatic heterocycles. The second kappa shape index (κ2) is 6.60. The van der Waals surface area contributed by atoms with Crippen molar-refractivity contribution in [2.75, 3.05) is 18.4 Å². The molecule has 0 radical (unpaired) electrons. The molecule has 3 heteroatoms. The van der Waals surface area contributed by atoms with Crippen molar-refractivity contribution < 1.29 is 4.79 Å². The summed E-state index contributed by atoms with van der Waals surface area (Å²) >= 11 is 0. The van der Waals surface area contributed by atoms with Crippen LogP contribution in [0.15, 0.2) is 24.3 Å². The molecule has 1 rings (SSSR count). The lowest BCUT2D eigenvalue weighted by atomic mass is 9.82. The zero-order valence-corrected chi connectivity index (χ0v) is 12.8. The Balaban J connectivity index is 2.75. The van der Waals surface area contributed by atoms with Crippen LogP contribution in [0.4, 0.5) is 10.5 Å². The molecular weight excluding hydrogens is 236 g/mol. The highest BCUT2D eigenvalue weighted by Gasteiger charge is 2.17. The van der Waals surface area contributed by atoms with E-state index < -0.39 is 0 Å². The van der Waals surface area contributed by atoms with Crippen LogP contribution in [0, 0.1) is 0 Å². The molecule has 106 valence electrons. The number of hydrogen-bond acceptors (Lipinski definition) is 1. The van der Waals surface area contributed by atoms with Gasteiger partial charge < -0.3 is 10.2 Å². The lowest BCUT2D eigenvalue weighted by Gasteiger charge is -2.24. The van der Waals surface area contributed by atoms with E-state index in [1.165, 1.54) is 5.56 Å². The number of nitrogens with one attached hydrogen (secondary N) is 1. The van der Waals surface area contributed by atoms with Crippen molar-refractivity contribution in [2.24, 2.45) is 0 Å². The van der Waals surface area contributed by atoms with E-state index in [0.29, 0.717) is 0 Å². The molecule has 0 saturated carbocycles. The van der Waals surface area contributed by atoms with Crippen molar-refractivity contribution in [3.8, 4) is 0 Å². The summed E-state index contributed by atoms with van der Waals surface area (Å²) < 4.78 is 0. The molecule has 0 heterocycles. The lowest BCUT2D eigenvalue weighted by molar-refractivity contribution is 0.217. The molecule has 2 amide bonds. The summed E-state index contributed by atoms with van der Waals surface area (Å²) in [5, 5.41) is 2.93. The van der Waals surface area contributed by atoms with Crippen molar-refractivity contribution in [1.82, 2.24) is 4.90 Å². The third-order valence-electron chi connectivity index (χ3n) is 3.85. The van der Waals surface area contributed by atoms with Crippen molar-refractivity contribution in [3.05, 3.63) is 29.8 Å². The van der Waals surface area contributed by atoms with Crippen molar-refractivity contribution in [2.45, 2.75) is 46.5 Å². The SMILES string of the molecule is CCN(CC)C(=O)Nc1ccc(C(C)(C)CC)cc1. The third kappa shape index (κ3) is 3.98. The van der Waals surface area contributed by atoms with Gasteiger partial charge in [-0.25, -0.2) is 4.79 Å². The zero-order valence-electron chi connectivity index (χ0n) is 12.8. The van der Waals surface area contributed by atoms with Crippen molar-refractivity contribution >= 4 is 11.7 Å². The van der Waals surface area contributed by atoms with Crippen LogP contribution in [-0.4, -0.2) is 24.0 Å². The predicted octanol–water partition coefficient (Wildman–Crippen LogP) is 4.25. The molecule has 0 bridgehead atoms. The van der Waals surface area contributed by atoms with Gasteiger partial charge in [0.1, 0.15) is 0 Å². The Hall–Kier alpha value is -1.51. The number of rotatable bonds is 5. The Labute approximate surface area is 117 Å². The summed E-state index contributed by atoms with van der Waals surface area (Å²) in [4.78, 5) is 13.7. The lowest BCUT2D eigenvalue weighted by Crippen LogP contribution is -2.34. The van der Waals surface area contributed by atoms with E-state index in [1.54, 1.807) is 4.90 Å². The van der Waals surface area contributed by atoms with Crippen LogP contribution < -0.4 is 5.32 Å². The molecule has 0 fully saturated rings. The summed E-state index contributed by atoms with van der Waals surface area (Å²) in [7, 11) is 0. The van der Waals surface area contributed by atoms with Crippen molar-refractivity contribution in [3.63, 3.8) is 0 Å². The third-order valence-corrected chi connectivity index (χ3v) is 3.85. The number of benzene rings is 1. The first-order valence-corrected chi connectivity index (χ1v) is 7.11. The number of anilines is 1. The molecule has 19 heavy (non-hydrogen) atoms. The number of urea groups is 1. The molecule has 0 atom stereocenters. The van der Waals surface area contributed by atoms with Gasteiger partial charge in [0.15, 0.2) is 0 Å². The Morgan fingerprint density at radius 2 is 1.63 bits per heavy atom. The standard InChI is InChI=1S/C16H26N2O/c1-6-16(4,5)13-9-11-14(12-10-13)17-15(19)18(7-2)8-3/h9-12H,6-8H2,1-5H3,(H,17,19). The fraction of sp³-hybridized carbons (Fsp3) is 0.562. The number of amides is 2. The second-order valence-electron chi connectivity index (χ2n) is 5.42. The zero-order chi connectivity index (χ0) is 14.5. The normalized spacial score (nSPS) is 11.2. The molecule has 0 unspecified atom stereocenters. The average Bonchev–Trinajstić information content (AvgIpc) is 2.40. The fourth-order valence-corrected chi connectivity index (χ4v) is 1.92. The number of carbonyl (C=O) groups is 1. The van der Waals surface area contributed by atoms with Gasteiger partial charge in [-0.15, -0.1) is 0 Å². The highest BCUT2D eigenvalue weighted by atomic mass is 16.2. The molecule has 0 aliphatic heterocycles. The predicted molar refractivity (Wildman–Crippen MR) is 81.7 cm³/mol. The summed E-state index contributed by atoms with van der Waals surface area (Å²) in [6.45, 7) is 12.1. The maximum Gasteiger partial charge on any atom is 0.321 e. The second-order valence-corrected chi connectivity index (χ2v) is 5.42. The van der Waals surface area contributed by atoms with Crippen molar-refractivity contribution in [1.29, 1.82) is 0 Å². The number of nitrogens with zero attached hydrogens (tertiary/aromatic N) is 1. The van der Waals surface area contributed by atoms with Gasteiger partial charge in [0.05, 0.1) is 0 Å². The molecule has 1 N–H and O–H groups in total. The van der Waals surface area contributed by atoms with Gasteiger partial charge in [-0.1, -0.05) is 32.9 Å².